The van der Waals surface area contributed by atoms with E-state index in [4.69, 9.17) is 19.3 Å². The Labute approximate surface area is 358 Å². The van der Waals surface area contributed by atoms with Crippen LogP contribution in [0.4, 0.5) is 0 Å². The van der Waals surface area contributed by atoms with E-state index in [0.717, 1.165) is 94.5 Å². The Balaban J connectivity index is 1.11. The van der Waals surface area contributed by atoms with E-state index in [1.165, 1.54) is 0 Å². The Bertz CT molecular complexity index is 3020. The van der Waals surface area contributed by atoms with E-state index in [9.17, 15) is 0 Å². The molecule has 0 radical (unpaired) electrons. The maximum atomic E-state index is 6.74. The monoisotopic (exact) mass is 788 g/mol. The van der Waals surface area contributed by atoms with Gasteiger partial charge in [0.15, 0.2) is 0 Å². The molecule has 10 rings (SSSR count). The van der Waals surface area contributed by atoms with Crippen LogP contribution in [0.1, 0.15) is 27.7 Å². The number of fused-ring (bicyclic) bond motifs is 1. The number of nitrogens with zero attached hydrogens (tertiary/aromatic N) is 2. The number of benzene rings is 7. The Hall–Kier alpha value is -6.92. The lowest BCUT2D eigenvalue weighted by molar-refractivity contribution is 0.00578. The van der Waals surface area contributed by atoms with Crippen molar-refractivity contribution < 1.29 is 9.31 Å². The SMILES string of the molecule is CC1(C)OB(c2cc(-c3ccccc3-c3ccc(-c4ccc5ccccc5n4)cc3)cc(-c3ccccc3-c3cnc(-c4ccccc4)cc3-c3ccccc3)c2)OC1(C)C. The molecule has 7 aromatic carbocycles. The smallest absolute Gasteiger partial charge is 0.399 e. The summed E-state index contributed by atoms with van der Waals surface area (Å²) in [6.45, 7) is 8.43. The molecule has 0 spiro atoms. The largest absolute Gasteiger partial charge is 0.494 e. The maximum Gasteiger partial charge on any atom is 0.494 e. The second-order valence-electron chi connectivity index (χ2n) is 16.8. The Kier molecular flexibility index (Phi) is 9.79. The lowest BCUT2D eigenvalue weighted by Gasteiger charge is -2.32. The summed E-state index contributed by atoms with van der Waals surface area (Å²) in [5.41, 5.74) is 16.0. The first-order valence-corrected chi connectivity index (χ1v) is 21.0. The van der Waals surface area contributed by atoms with E-state index in [-0.39, 0.29) is 0 Å². The lowest BCUT2D eigenvalue weighted by Crippen LogP contribution is -2.41. The molecule has 0 atom stereocenters. The fourth-order valence-electron chi connectivity index (χ4n) is 8.37. The van der Waals surface area contributed by atoms with Crippen molar-refractivity contribution in [3.05, 3.63) is 200 Å². The summed E-state index contributed by atoms with van der Waals surface area (Å²) in [7, 11) is -0.552. The molecule has 0 unspecified atom stereocenters. The average Bonchev–Trinajstić information content (AvgIpc) is 3.54. The van der Waals surface area contributed by atoms with Gasteiger partial charge in [0.25, 0.3) is 0 Å². The zero-order chi connectivity index (χ0) is 41.6. The van der Waals surface area contributed by atoms with Crippen LogP contribution >= 0.6 is 0 Å². The fraction of sp³-hybridized carbons (Fsp3) is 0.107. The van der Waals surface area contributed by atoms with Crippen molar-refractivity contribution in [3.8, 4) is 78.1 Å². The van der Waals surface area contributed by atoms with Gasteiger partial charge in [-0.3, -0.25) is 4.98 Å². The summed E-state index contributed by atoms with van der Waals surface area (Å²) in [4.78, 5) is 10.0. The molecule has 1 aliphatic heterocycles. The number of hydrogen-bond donors (Lipinski definition) is 0. The molecule has 1 fully saturated rings. The highest BCUT2D eigenvalue weighted by atomic mass is 16.7. The third-order valence-corrected chi connectivity index (χ3v) is 12.4. The van der Waals surface area contributed by atoms with Crippen molar-refractivity contribution >= 4 is 23.5 Å². The van der Waals surface area contributed by atoms with Gasteiger partial charge in [-0.05, 0) is 107 Å². The fourth-order valence-corrected chi connectivity index (χ4v) is 8.37. The Morgan fingerprint density at radius 1 is 0.377 bits per heavy atom. The molecular formula is C56H45BN2O2. The predicted octanol–water partition coefficient (Wildman–Crippen LogP) is 13.6. The third-order valence-electron chi connectivity index (χ3n) is 12.4. The summed E-state index contributed by atoms with van der Waals surface area (Å²) >= 11 is 0. The minimum atomic E-state index is -0.552. The first-order chi connectivity index (χ1) is 29.7. The van der Waals surface area contributed by atoms with Crippen molar-refractivity contribution in [1.82, 2.24) is 9.97 Å². The summed E-state index contributed by atoms with van der Waals surface area (Å²) in [5.74, 6) is 0. The number of rotatable bonds is 8. The number of hydrogen-bond acceptors (Lipinski definition) is 4. The van der Waals surface area contributed by atoms with Crippen LogP contribution in [0, 0.1) is 0 Å². The standard InChI is InChI=1S/C56H45BN2O2/c1-55(2)56(3,4)61-57(60-55)45-34-43(47-23-13-12-22-46(47)39-27-29-42(30-28-39)53-32-31-41-21-11-16-26-52(41)59-53)33-44(35-45)48-24-14-15-25-49(48)51-37-58-54(40-19-9-6-10-20-40)36-50(51)38-17-7-5-8-18-38/h5-37H,1-4H3. The van der Waals surface area contributed by atoms with E-state index in [1.54, 1.807) is 0 Å². The van der Waals surface area contributed by atoms with Gasteiger partial charge >= 0.3 is 7.12 Å². The van der Waals surface area contributed by atoms with Crippen LogP contribution in [0.15, 0.2) is 200 Å². The second-order valence-corrected chi connectivity index (χ2v) is 16.8. The highest BCUT2D eigenvalue weighted by Gasteiger charge is 2.51. The van der Waals surface area contributed by atoms with Crippen molar-refractivity contribution in [3.63, 3.8) is 0 Å². The van der Waals surface area contributed by atoms with Gasteiger partial charge in [-0.15, -0.1) is 0 Å². The van der Waals surface area contributed by atoms with Crippen LogP contribution in [0.5, 0.6) is 0 Å². The van der Waals surface area contributed by atoms with E-state index < -0.39 is 18.3 Å². The molecule has 294 valence electrons. The van der Waals surface area contributed by atoms with Crippen molar-refractivity contribution in [1.29, 1.82) is 0 Å². The average molecular weight is 789 g/mol. The van der Waals surface area contributed by atoms with Gasteiger partial charge in [-0.25, -0.2) is 4.98 Å². The number of para-hydroxylation sites is 1. The zero-order valence-corrected chi connectivity index (χ0v) is 34.8. The molecule has 0 saturated carbocycles. The van der Waals surface area contributed by atoms with Gasteiger partial charge in [0.2, 0.25) is 0 Å². The molecule has 5 heteroatoms. The molecular weight excluding hydrogens is 743 g/mol. The van der Waals surface area contributed by atoms with E-state index >= 15 is 0 Å². The van der Waals surface area contributed by atoms with Crippen LogP contribution in [0.3, 0.4) is 0 Å². The van der Waals surface area contributed by atoms with Crippen LogP contribution in [-0.4, -0.2) is 28.3 Å². The topological polar surface area (TPSA) is 44.2 Å². The number of pyridine rings is 2. The van der Waals surface area contributed by atoms with E-state index in [1.807, 2.05) is 24.4 Å². The van der Waals surface area contributed by atoms with E-state index in [2.05, 4.69) is 204 Å². The summed E-state index contributed by atoms with van der Waals surface area (Å²) in [6.07, 6.45) is 2.04. The predicted molar refractivity (Wildman–Crippen MR) is 253 cm³/mol. The molecule has 0 amide bonds. The van der Waals surface area contributed by atoms with Gasteiger partial charge in [-0.2, -0.15) is 0 Å². The molecule has 1 saturated heterocycles. The first-order valence-electron chi connectivity index (χ1n) is 21.0. The minimum absolute atomic E-state index is 0.498. The first kappa shape index (κ1) is 38.3. The lowest BCUT2D eigenvalue weighted by atomic mass is 9.75. The molecule has 61 heavy (non-hydrogen) atoms. The quantitative estimate of drug-likeness (QED) is 0.144. The zero-order valence-electron chi connectivity index (χ0n) is 34.8. The third kappa shape index (κ3) is 7.37. The summed E-state index contributed by atoms with van der Waals surface area (Å²) in [5, 5.41) is 1.14. The molecule has 0 bridgehead atoms. The van der Waals surface area contributed by atoms with Crippen molar-refractivity contribution in [2.75, 3.05) is 0 Å². The molecule has 0 aliphatic carbocycles. The summed E-state index contributed by atoms with van der Waals surface area (Å²) < 4.78 is 13.5. The van der Waals surface area contributed by atoms with Crippen LogP contribution in [-0.2, 0) is 9.31 Å². The summed E-state index contributed by atoms with van der Waals surface area (Å²) in [6, 6.07) is 68.6. The second kappa shape index (κ2) is 15.6. The highest BCUT2D eigenvalue weighted by Crippen LogP contribution is 2.42. The molecule has 9 aromatic rings. The van der Waals surface area contributed by atoms with Gasteiger partial charge in [-0.1, -0.05) is 170 Å². The van der Waals surface area contributed by atoms with Gasteiger partial charge < -0.3 is 9.31 Å². The van der Waals surface area contributed by atoms with Crippen molar-refractivity contribution in [2.24, 2.45) is 0 Å². The number of aromatic nitrogens is 2. The molecule has 3 heterocycles. The Morgan fingerprint density at radius 2 is 0.869 bits per heavy atom. The molecule has 4 nitrogen and oxygen atoms in total. The molecule has 2 aromatic heterocycles. The normalized spacial score (nSPS) is 14.3. The van der Waals surface area contributed by atoms with Crippen LogP contribution in [0.25, 0.3) is 89.1 Å². The van der Waals surface area contributed by atoms with Crippen LogP contribution < -0.4 is 5.46 Å². The van der Waals surface area contributed by atoms with Gasteiger partial charge in [0.05, 0.1) is 28.1 Å². The van der Waals surface area contributed by atoms with Crippen molar-refractivity contribution in [2.45, 2.75) is 38.9 Å². The van der Waals surface area contributed by atoms with Gasteiger partial charge in [0.1, 0.15) is 0 Å². The maximum absolute atomic E-state index is 6.74. The molecule has 0 N–H and O–H groups in total. The van der Waals surface area contributed by atoms with Crippen LogP contribution in [0.2, 0.25) is 0 Å². The highest BCUT2D eigenvalue weighted by molar-refractivity contribution is 6.62. The Morgan fingerprint density at radius 3 is 1.52 bits per heavy atom. The van der Waals surface area contributed by atoms with E-state index in [0.29, 0.717) is 0 Å². The molecule has 1 aliphatic rings. The van der Waals surface area contributed by atoms with Gasteiger partial charge in [0, 0.05) is 28.3 Å². The minimum Gasteiger partial charge on any atom is -0.399 e.